The van der Waals surface area contributed by atoms with Crippen LogP contribution in [0.1, 0.15) is 27.9 Å². The number of nitrogens with one attached hydrogen (secondary N) is 2. The molecule has 4 rings (SSSR count). The van der Waals surface area contributed by atoms with Crippen molar-refractivity contribution in [2.75, 3.05) is 19.0 Å². The fourth-order valence-electron chi connectivity index (χ4n) is 3.98. The summed E-state index contributed by atoms with van der Waals surface area (Å²) in [5.41, 5.74) is 4.42. The molecule has 2 amide bonds. The molecule has 1 aliphatic heterocycles. The average Bonchev–Trinajstić information content (AvgIpc) is 3.26. The van der Waals surface area contributed by atoms with Crippen molar-refractivity contribution in [1.82, 2.24) is 15.1 Å². The van der Waals surface area contributed by atoms with Crippen LogP contribution in [-0.2, 0) is 37.4 Å². The van der Waals surface area contributed by atoms with Crippen LogP contribution in [0, 0.1) is 13.8 Å². The van der Waals surface area contributed by atoms with Crippen LogP contribution < -0.4 is 15.4 Å². The number of carbonyl (C=O) groups is 2. The Morgan fingerprint density at radius 1 is 1.09 bits per heavy atom. The van der Waals surface area contributed by atoms with Gasteiger partial charge in [0.05, 0.1) is 30.0 Å². The molecule has 178 valence electrons. The van der Waals surface area contributed by atoms with Gasteiger partial charge >= 0.3 is 11.8 Å². The van der Waals surface area contributed by atoms with Crippen molar-refractivity contribution < 1.29 is 22.7 Å². The first-order chi connectivity index (χ1) is 16.2. The van der Waals surface area contributed by atoms with E-state index in [2.05, 4.69) is 15.7 Å². The highest BCUT2D eigenvalue weighted by Crippen LogP contribution is 2.33. The van der Waals surface area contributed by atoms with E-state index in [1.807, 2.05) is 56.3 Å². The number of amides is 2. The Morgan fingerprint density at radius 2 is 1.88 bits per heavy atom. The number of aromatic nitrogens is 2. The molecule has 10 heteroatoms. The Bertz CT molecular complexity index is 1380. The molecule has 3 aromatic rings. The minimum atomic E-state index is -3.34. The Kier molecular flexibility index (Phi) is 6.43. The Morgan fingerprint density at radius 3 is 2.62 bits per heavy atom. The van der Waals surface area contributed by atoms with Crippen molar-refractivity contribution in [2.24, 2.45) is 0 Å². The standard InChI is InChI=1S/C24H26N4O5S/c1-15-7-8-21(16(2)11-15)28-22(19-13-34(31,32)14-20(19)27-28)26-24(30)23(29)25-10-9-17-5-4-6-18(12-17)33-3/h4-8,11-12H,9-10,13-14H2,1-3H3,(H,25,29)(H,26,30). The van der Waals surface area contributed by atoms with Crippen LogP contribution in [0.2, 0.25) is 0 Å². The molecule has 0 radical (unpaired) electrons. The first-order valence-electron chi connectivity index (χ1n) is 10.8. The molecule has 0 fully saturated rings. The molecule has 0 bridgehead atoms. The van der Waals surface area contributed by atoms with Crippen LogP contribution in [0.25, 0.3) is 5.69 Å². The number of ether oxygens (including phenoxy) is 1. The smallest absolute Gasteiger partial charge is 0.314 e. The SMILES string of the molecule is COc1cccc(CCNC(=O)C(=O)Nc2c3c(nn2-c2ccc(C)cc2C)CS(=O)(=O)C3)c1. The quantitative estimate of drug-likeness (QED) is 0.520. The van der Waals surface area contributed by atoms with E-state index in [1.165, 1.54) is 4.68 Å². The van der Waals surface area contributed by atoms with Crippen molar-refractivity contribution in [1.29, 1.82) is 0 Å². The second-order valence-electron chi connectivity index (χ2n) is 8.32. The number of rotatable bonds is 6. The van der Waals surface area contributed by atoms with Gasteiger partial charge in [0.2, 0.25) is 0 Å². The van der Waals surface area contributed by atoms with Crippen LogP contribution in [0.15, 0.2) is 42.5 Å². The maximum absolute atomic E-state index is 12.7. The van der Waals surface area contributed by atoms with Crippen LogP contribution in [-0.4, -0.2) is 43.7 Å². The molecule has 2 heterocycles. The average molecular weight is 483 g/mol. The zero-order valence-corrected chi connectivity index (χ0v) is 20.0. The molecule has 34 heavy (non-hydrogen) atoms. The monoisotopic (exact) mass is 482 g/mol. The number of nitrogens with zero attached hydrogens (tertiary/aromatic N) is 2. The number of hydrogen-bond donors (Lipinski definition) is 2. The molecule has 1 aromatic heterocycles. The third-order valence-corrected chi connectivity index (χ3v) is 7.08. The number of sulfone groups is 1. The van der Waals surface area contributed by atoms with Gasteiger partial charge in [-0.3, -0.25) is 9.59 Å². The highest BCUT2D eigenvalue weighted by Gasteiger charge is 2.34. The Balaban J connectivity index is 1.52. The minimum absolute atomic E-state index is 0.199. The van der Waals surface area contributed by atoms with Crippen LogP contribution in [0.4, 0.5) is 5.82 Å². The van der Waals surface area contributed by atoms with Crippen molar-refractivity contribution in [3.05, 3.63) is 70.4 Å². The van der Waals surface area contributed by atoms with E-state index < -0.39 is 21.7 Å². The summed E-state index contributed by atoms with van der Waals surface area (Å²) in [4.78, 5) is 25.2. The van der Waals surface area contributed by atoms with Crippen LogP contribution >= 0.6 is 0 Å². The van der Waals surface area contributed by atoms with E-state index in [4.69, 9.17) is 4.74 Å². The lowest BCUT2D eigenvalue weighted by Crippen LogP contribution is -2.37. The van der Waals surface area contributed by atoms with Crippen LogP contribution in [0.3, 0.4) is 0 Å². The Labute approximate surface area is 198 Å². The van der Waals surface area contributed by atoms with E-state index in [0.29, 0.717) is 29.1 Å². The second-order valence-corrected chi connectivity index (χ2v) is 10.4. The molecule has 2 aromatic carbocycles. The largest absolute Gasteiger partial charge is 0.497 e. The van der Waals surface area contributed by atoms with Gasteiger partial charge in [-0.25, -0.2) is 13.1 Å². The number of hydrogen-bond acceptors (Lipinski definition) is 6. The summed E-state index contributed by atoms with van der Waals surface area (Å²) in [5.74, 6) is -1.22. The van der Waals surface area contributed by atoms with Gasteiger partial charge in [-0.2, -0.15) is 5.10 Å². The van der Waals surface area contributed by atoms with Crippen LogP contribution in [0.5, 0.6) is 5.75 Å². The summed E-state index contributed by atoms with van der Waals surface area (Å²) in [6.45, 7) is 4.12. The van der Waals surface area contributed by atoms with Crippen molar-refractivity contribution >= 4 is 27.5 Å². The lowest BCUT2D eigenvalue weighted by molar-refractivity contribution is -0.136. The third-order valence-electron chi connectivity index (χ3n) is 5.64. The molecule has 0 unspecified atom stereocenters. The molecule has 0 saturated carbocycles. The van der Waals surface area contributed by atoms with E-state index in [1.54, 1.807) is 7.11 Å². The molecular formula is C24H26N4O5S. The molecule has 0 atom stereocenters. The third kappa shape index (κ3) is 4.96. The first kappa shape index (κ1) is 23.5. The lowest BCUT2D eigenvalue weighted by Gasteiger charge is -2.13. The molecule has 2 N–H and O–H groups in total. The number of fused-ring (bicyclic) bond motifs is 1. The second kappa shape index (κ2) is 9.30. The number of methoxy groups -OCH3 is 1. The predicted molar refractivity (Wildman–Crippen MR) is 128 cm³/mol. The molecule has 1 aliphatic rings. The fourth-order valence-corrected chi connectivity index (χ4v) is 5.47. The number of benzene rings is 2. The van der Waals surface area contributed by atoms with Crippen molar-refractivity contribution in [2.45, 2.75) is 31.8 Å². The van der Waals surface area contributed by atoms with Gasteiger partial charge in [0, 0.05) is 12.1 Å². The fraction of sp³-hybridized carbons (Fsp3) is 0.292. The summed E-state index contributed by atoms with van der Waals surface area (Å²) < 4.78 is 31.0. The highest BCUT2D eigenvalue weighted by atomic mass is 32.2. The van der Waals surface area contributed by atoms with E-state index in [0.717, 1.165) is 16.7 Å². The summed E-state index contributed by atoms with van der Waals surface area (Å²) >= 11 is 0. The normalized spacial score (nSPS) is 13.9. The van der Waals surface area contributed by atoms with Gasteiger partial charge in [-0.15, -0.1) is 0 Å². The molecule has 0 saturated heterocycles. The van der Waals surface area contributed by atoms with Gasteiger partial charge in [-0.05, 0) is 49.6 Å². The summed E-state index contributed by atoms with van der Waals surface area (Å²) in [6, 6.07) is 13.2. The predicted octanol–water partition coefficient (Wildman–Crippen LogP) is 2.22. The molecular weight excluding hydrogens is 456 g/mol. The molecule has 0 aliphatic carbocycles. The zero-order valence-electron chi connectivity index (χ0n) is 19.2. The van der Waals surface area contributed by atoms with Gasteiger partial charge in [0.25, 0.3) is 0 Å². The number of anilines is 1. The molecule has 0 spiro atoms. The number of aryl methyl sites for hydroxylation is 2. The lowest BCUT2D eigenvalue weighted by atomic mass is 10.1. The summed E-state index contributed by atoms with van der Waals surface area (Å²) in [6.07, 6.45) is 0.518. The molecule has 9 nitrogen and oxygen atoms in total. The van der Waals surface area contributed by atoms with Gasteiger partial charge in [0.1, 0.15) is 11.6 Å². The van der Waals surface area contributed by atoms with E-state index in [-0.39, 0.29) is 23.9 Å². The summed E-state index contributed by atoms with van der Waals surface area (Å²) in [5, 5.41) is 9.66. The van der Waals surface area contributed by atoms with Gasteiger partial charge in [-0.1, -0.05) is 29.8 Å². The topological polar surface area (TPSA) is 119 Å². The number of carbonyl (C=O) groups excluding carboxylic acids is 2. The maximum atomic E-state index is 12.7. The highest BCUT2D eigenvalue weighted by molar-refractivity contribution is 7.90. The van der Waals surface area contributed by atoms with E-state index >= 15 is 0 Å². The van der Waals surface area contributed by atoms with E-state index in [9.17, 15) is 18.0 Å². The Hall–Kier alpha value is -3.66. The van der Waals surface area contributed by atoms with Gasteiger partial charge < -0.3 is 15.4 Å². The minimum Gasteiger partial charge on any atom is -0.497 e. The van der Waals surface area contributed by atoms with Crippen molar-refractivity contribution in [3.8, 4) is 11.4 Å². The maximum Gasteiger partial charge on any atom is 0.314 e. The first-order valence-corrected chi connectivity index (χ1v) is 12.6. The van der Waals surface area contributed by atoms with Gasteiger partial charge in [0.15, 0.2) is 9.84 Å². The summed E-state index contributed by atoms with van der Waals surface area (Å²) in [7, 11) is -1.77. The zero-order chi connectivity index (χ0) is 24.5. The van der Waals surface area contributed by atoms with Crippen molar-refractivity contribution in [3.63, 3.8) is 0 Å².